The number of halogens is 3. The van der Waals surface area contributed by atoms with Crippen LogP contribution in [0, 0.1) is 13.8 Å². The normalized spacial score (nSPS) is 11.7. The van der Waals surface area contributed by atoms with E-state index in [1.807, 2.05) is 18.2 Å². The molecule has 2 heterocycles. The van der Waals surface area contributed by atoms with E-state index in [4.69, 9.17) is 4.74 Å². The summed E-state index contributed by atoms with van der Waals surface area (Å²) in [5.41, 5.74) is 1.70. The molecular weight excluding hydrogens is 405 g/mol. The lowest BCUT2D eigenvalue weighted by Crippen LogP contribution is -2.19. The number of ether oxygens (including phenoxy) is 1. The number of aromatic nitrogens is 4. The van der Waals surface area contributed by atoms with Crippen LogP contribution in [0.5, 0.6) is 5.75 Å². The van der Waals surface area contributed by atoms with Gasteiger partial charge in [0.25, 0.3) is 0 Å². The zero-order valence-electron chi connectivity index (χ0n) is 16.0. The first kappa shape index (κ1) is 21.0. The van der Waals surface area contributed by atoms with Crippen molar-refractivity contribution in [2.75, 3.05) is 12.9 Å². The maximum absolute atomic E-state index is 12.8. The number of aryl methyl sites for hydroxylation is 1. The molecule has 0 bridgehead atoms. The average molecular weight is 424 g/mol. The zero-order valence-corrected chi connectivity index (χ0v) is 16.8. The van der Waals surface area contributed by atoms with E-state index in [1.165, 1.54) is 19.3 Å². The van der Waals surface area contributed by atoms with Crippen LogP contribution in [0.2, 0.25) is 0 Å². The van der Waals surface area contributed by atoms with Crippen LogP contribution in [0.15, 0.2) is 41.8 Å². The van der Waals surface area contributed by atoms with Crippen molar-refractivity contribution in [1.29, 1.82) is 0 Å². The summed E-state index contributed by atoms with van der Waals surface area (Å²) in [6.07, 6.45) is -2.84. The molecule has 2 aromatic heterocycles. The second-order valence-electron chi connectivity index (χ2n) is 6.35. The van der Waals surface area contributed by atoms with Gasteiger partial charge in [0.1, 0.15) is 18.6 Å². The van der Waals surface area contributed by atoms with Crippen molar-refractivity contribution in [2.45, 2.75) is 31.7 Å². The molecule has 0 aliphatic heterocycles. The number of hydrogen-bond donors (Lipinski definition) is 0. The highest BCUT2D eigenvalue weighted by atomic mass is 32.2. The molecule has 0 spiro atoms. The molecule has 0 unspecified atom stereocenters. The van der Waals surface area contributed by atoms with E-state index in [-0.39, 0.29) is 17.1 Å². The van der Waals surface area contributed by atoms with Crippen molar-refractivity contribution >= 4 is 17.5 Å². The van der Waals surface area contributed by atoms with Crippen LogP contribution in [0.1, 0.15) is 21.7 Å². The number of rotatable bonds is 7. The number of thioether (sulfide) groups is 1. The molecule has 0 atom stereocenters. The van der Waals surface area contributed by atoms with Crippen molar-refractivity contribution in [3.05, 3.63) is 53.6 Å². The van der Waals surface area contributed by atoms with Gasteiger partial charge in [-0.15, -0.1) is 10.2 Å². The Morgan fingerprint density at radius 1 is 1.24 bits per heavy atom. The van der Waals surface area contributed by atoms with Gasteiger partial charge in [-0.2, -0.15) is 13.2 Å². The van der Waals surface area contributed by atoms with Gasteiger partial charge in [0.2, 0.25) is 0 Å². The minimum absolute atomic E-state index is 0.0180. The van der Waals surface area contributed by atoms with Crippen LogP contribution >= 0.6 is 11.8 Å². The lowest BCUT2D eigenvalue weighted by atomic mass is 10.2. The Balaban J connectivity index is 1.78. The van der Waals surface area contributed by atoms with E-state index in [9.17, 15) is 18.0 Å². The van der Waals surface area contributed by atoms with Crippen molar-refractivity contribution in [3.63, 3.8) is 0 Å². The van der Waals surface area contributed by atoms with Crippen LogP contribution in [0.25, 0.3) is 5.69 Å². The molecular formula is C19H19F3N4O2S. The Morgan fingerprint density at radius 3 is 2.66 bits per heavy atom. The largest absolute Gasteiger partial charge is 0.495 e. The van der Waals surface area contributed by atoms with E-state index in [0.29, 0.717) is 22.3 Å². The number of nitrogens with zero attached hydrogens (tertiary/aromatic N) is 4. The molecule has 29 heavy (non-hydrogen) atoms. The Hall–Kier alpha value is -2.75. The SMILES string of the molecule is COc1ccccc1-n1cnnc1SCC(=O)c1cc(C)n(CC(F)(F)F)c1C. The maximum atomic E-state index is 12.8. The molecule has 1 aromatic carbocycles. The zero-order chi connectivity index (χ0) is 21.2. The predicted octanol–water partition coefficient (Wildman–Crippen LogP) is 4.23. The number of carbonyl (C=O) groups excluding carboxylic acids is 1. The lowest BCUT2D eigenvalue weighted by Gasteiger charge is -2.12. The summed E-state index contributed by atoms with van der Waals surface area (Å²) in [6.45, 7) is 1.96. The molecule has 3 aromatic rings. The molecule has 0 radical (unpaired) electrons. The minimum atomic E-state index is -4.35. The Labute approximate surface area is 169 Å². The van der Waals surface area contributed by atoms with Crippen molar-refractivity contribution in [3.8, 4) is 11.4 Å². The van der Waals surface area contributed by atoms with Gasteiger partial charge < -0.3 is 9.30 Å². The Morgan fingerprint density at radius 2 is 1.97 bits per heavy atom. The Bertz CT molecular complexity index is 1030. The third-order valence-corrected chi connectivity index (χ3v) is 5.35. The van der Waals surface area contributed by atoms with Crippen LogP contribution in [0.3, 0.4) is 0 Å². The van der Waals surface area contributed by atoms with Crippen LogP contribution in [-0.2, 0) is 6.54 Å². The molecule has 0 aliphatic rings. The molecule has 0 aliphatic carbocycles. The first-order chi connectivity index (χ1) is 13.7. The second-order valence-corrected chi connectivity index (χ2v) is 7.30. The number of alkyl halides is 3. The van der Waals surface area contributed by atoms with E-state index in [0.717, 1.165) is 22.0 Å². The van der Waals surface area contributed by atoms with E-state index in [2.05, 4.69) is 10.2 Å². The molecule has 0 N–H and O–H groups in total. The molecule has 0 saturated heterocycles. The fourth-order valence-electron chi connectivity index (χ4n) is 3.03. The summed E-state index contributed by atoms with van der Waals surface area (Å²) in [5.74, 6) is 0.367. The minimum Gasteiger partial charge on any atom is -0.495 e. The molecule has 154 valence electrons. The van der Waals surface area contributed by atoms with Gasteiger partial charge in [-0.1, -0.05) is 23.9 Å². The van der Waals surface area contributed by atoms with Gasteiger partial charge in [-0.25, -0.2) is 0 Å². The van der Waals surface area contributed by atoms with Gasteiger partial charge in [-0.05, 0) is 32.0 Å². The Kier molecular flexibility index (Phi) is 6.02. The topological polar surface area (TPSA) is 61.9 Å². The summed E-state index contributed by atoms with van der Waals surface area (Å²) in [5, 5.41) is 8.42. The van der Waals surface area contributed by atoms with Crippen LogP contribution < -0.4 is 4.74 Å². The number of ketones is 1. The number of hydrogen-bond acceptors (Lipinski definition) is 5. The number of methoxy groups -OCH3 is 1. The summed E-state index contributed by atoms with van der Waals surface area (Å²) in [4.78, 5) is 12.7. The standard InChI is InChI=1S/C19H19F3N4O2S/c1-12-8-14(13(2)25(12)10-19(20,21)22)16(27)9-29-18-24-23-11-26(18)15-6-4-5-7-17(15)28-3/h4-8,11H,9-10H2,1-3H3. The average Bonchev–Trinajstić information content (AvgIpc) is 3.25. The van der Waals surface area contributed by atoms with Crippen molar-refractivity contribution < 1.29 is 22.7 Å². The first-order valence-electron chi connectivity index (χ1n) is 8.64. The fraction of sp³-hybridized carbons (Fsp3) is 0.316. The highest BCUT2D eigenvalue weighted by molar-refractivity contribution is 7.99. The number of carbonyl (C=O) groups is 1. The highest BCUT2D eigenvalue weighted by Crippen LogP contribution is 2.28. The smallest absolute Gasteiger partial charge is 0.406 e. The van der Waals surface area contributed by atoms with Crippen molar-refractivity contribution in [2.24, 2.45) is 0 Å². The van der Waals surface area contributed by atoms with Crippen LogP contribution in [-0.4, -0.2) is 44.2 Å². The summed E-state index contributed by atoms with van der Waals surface area (Å²) < 4.78 is 46.5. The quantitative estimate of drug-likeness (QED) is 0.420. The molecule has 0 amide bonds. The fourth-order valence-corrected chi connectivity index (χ4v) is 3.84. The lowest BCUT2D eigenvalue weighted by molar-refractivity contribution is -0.141. The van der Waals surface area contributed by atoms with Crippen molar-refractivity contribution in [1.82, 2.24) is 19.3 Å². The van der Waals surface area contributed by atoms with E-state index in [1.54, 1.807) is 24.7 Å². The predicted molar refractivity (Wildman–Crippen MR) is 103 cm³/mol. The number of Topliss-reactive ketones (excluding diaryl/α,β-unsaturated/α-hetero) is 1. The van der Waals surface area contributed by atoms with E-state index < -0.39 is 12.7 Å². The molecule has 0 fully saturated rings. The van der Waals surface area contributed by atoms with E-state index >= 15 is 0 Å². The third-order valence-electron chi connectivity index (χ3n) is 4.40. The highest BCUT2D eigenvalue weighted by Gasteiger charge is 2.30. The molecule has 6 nitrogen and oxygen atoms in total. The summed E-state index contributed by atoms with van der Waals surface area (Å²) >= 11 is 1.16. The van der Waals surface area contributed by atoms with Gasteiger partial charge >= 0.3 is 6.18 Å². The van der Waals surface area contributed by atoms with Gasteiger partial charge in [0.15, 0.2) is 10.9 Å². The van der Waals surface area contributed by atoms with Gasteiger partial charge in [0, 0.05) is 17.0 Å². The van der Waals surface area contributed by atoms with Gasteiger partial charge in [0.05, 0.1) is 18.6 Å². The third kappa shape index (κ3) is 4.64. The maximum Gasteiger partial charge on any atom is 0.406 e. The molecule has 3 rings (SSSR count). The second kappa shape index (κ2) is 8.32. The van der Waals surface area contributed by atoms with Gasteiger partial charge in [-0.3, -0.25) is 9.36 Å². The van der Waals surface area contributed by atoms with Crippen LogP contribution in [0.4, 0.5) is 13.2 Å². The number of para-hydroxylation sites is 2. The molecule has 10 heteroatoms. The summed E-state index contributed by atoms with van der Waals surface area (Å²) in [6, 6.07) is 8.80. The monoisotopic (exact) mass is 424 g/mol. The molecule has 0 saturated carbocycles. The summed E-state index contributed by atoms with van der Waals surface area (Å²) in [7, 11) is 1.55. The number of benzene rings is 1. The first-order valence-corrected chi connectivity index (χ1v) is 9.62.